The van der Waals surface area contributed by atoms with Crippen molar-refractivity contribution in [3.8, 4) is 0 Å². The van der Waals surface area contributed by atoms with Crippen molar-refractivity contribution >= 4 is 57.7 Å². The van der Waals surface area contributed by atoms with Crippen LogP contribution >= 0.6 is 23.2 Å². The highest BCUT2D eigenvalue weighted by molar-refractivity contribution is 6.36. The van der Waals surface area contributed by atoms with Crippen molar-refractivity contribution < 1.29 is 9.59 Å². The number of nitrogens with zero attached hydrogens (tertiary/aromatic N) is 1. The molecule has 0 aliphatic heterocycles. The molecule has 0 atom stereocenters. The molecule has 0 aliphatic carbocycles. The molecule has 0 saturated carbocycles. The van der Waals surface area contributed by atoms with Crippen LogP contribution in [0.2, 0.25) is 10.0 Å². The van der Waals surface area contributed by atoms with E-state index in [4.69, 9.17) is 23.2 Å². The summed E-state index contributed by atoms with van der Waals surface area (Å²) in [5.41, 5.74) is 3.79. The molecule has 0 heterocycles. The van der Waals surface area contributed by atoms with Gasteiger partial charge >= 0.3 is 0 Å². The van der Waals surface area contributed by atoms with Crippen LogP contribution in [0.1, 0.15) is 18.4 Å². The predicted octanol–water partition coefficient (Wildman–Crippen LogP) is 5.02. The molecule has 0 saturated heterocycles. The van der Waals surface area contributed by atoms with Crippen LogP contribution in [0.4, 0.5) is 5.69 Å². The molecule has 0 bridgehead atoms. The quantitative estimate of drug-likeness (QED) is 0.440. The van der Waals surface area contributed by atoms with Gasteiger partial charge in [0.1, 0.15) is 0 Å². The lowest BCUT2D eigenvalue weighted by Crippen LogP contribution is -2.20. The van der Waals surface area contributed by atoms with Crippen molar-refractivity contribution in [2.45, 2.75) is 12.8 Å². The second-order valence-corrected chi connectivity index (χ2v) is 6.88. The first kappa shape index (κ1) is 19.9. The third kappa shape index (κ3) is 5.31. The van der Waals surface area contributed by atoms with Gasteiger partial charge in [-0.25, -0.2) is 5.43 Å². The van der Waals surface area contributed by atoms with Gasteiger partial charge in [-0.1, -0.05) is 65.7 Å². The number of hydrazone groups is 1. The summed E-state index contributed by atoms with van der Waals surface area (Å²) in [4.78, 5) is 23.9. The van der Waals surface area contributed by atoms with Gasteiger partial charge in [-0.05, 0) is 29.0 Å². The summed E-state index contributed by atoms with van der Waals surface area (Å²) in [6.45, 7) is 0. The van der Waals surface area contributed by atoms with Crippen LogP contribution in [0, 0.1) is 0 Å². The van der Waals surface area contributed by atoms with Gasteiger partial charge in [0, 0.05) is 23.4 Å². The smallest absolute Gasteiger partial charge is 0.240 e. The summed E-state index contributed by atoms with van der Waals surface area (Å²) in [7, 11) is 0. The Morgan fingerprint density at radius 2 is 1.68 bits per heavy atom. The van der Waals surface area contributed by atoms with Gasteiger partial charge in [0.05, 0.1) is 16.9 Å². The molecule has 2 amide bonds. The predicted molar refractivity (Wildman–Crippen MR) is 114 cm³/mol. The molecule has 7 heteroatoms. The zero-order chi connectivity index (χ0) is 19.9. The number of hydrogen-bond donors (Lipinski definition) is 2. The summed E-state index contributed by atoms with van der Waals surface area (Å²) in [5.74, 6) is -0.675. The van der Waals surface area contributed by atoms with Crippen LogP contribution in [0.15, 0.2) is 65.8 Å². The molecule has 28 heavy (non-hydrogen) atoms. The van der Waals surface area contributed by atoms with Crippen molar-refractivity contribution in [1.82, 2.24) is 5.43 Å². The zero-order valence-corrected chi connectivity index (χ0v) is 16.3. The second-order valence-electron chi connectivity index (χ2n) is 6.03. The molecule has 2 N–H and O–H groups in total. The summed E-state index contributed by atoms with van der Waals surface area (Å²) in [6, 6.07) is 18.5. The molecule has 0 radical (unpaired) electrons. The van der Waals surface area contributed by atoms with E-state index in [2.05, 4.69) is 15.8 Å². The summed E-state index contributed by atoms with van der Waals surface area (Å²) < 4.78 is 0. The first-order valence-electron chi connectivity index (χ1n) is 8.57. The van der Waals surface area contributed by atoms with Crippen LogP contribution < -0.4 is 10.7 Å². The molecule has 5 nitrogen and oxygen atoms in total. The average molecular weight is 414 g/mol. The van der Waals surface area contributed by atoms with Crippen LogP contribution in [0.25, 0.3) is 10.8 Å². The Balaban J connectivity index is 1.50. The van der Waals surface area contributed by atoms with Gasteiger partial charge in [-0.3, -0.25) is 9.59 Å². The molecule has 0 unspecified atom stereocenters. The Morgan fingerprint density at radius 1 is 0.929 bits per heavy atom. The highest BCUT2D eigenvalue weighted by Crippen LogP contribution is 2.25. The Hall–Kier alpha value is -2.89. The van der Waals surface area contributed by atoms with E-state index in [0.29, 0.717) is 15.7 Å². The van der Waals surface area contributed by atoms with Crippen molar-refractivity contribution in [1.29, 1.82) is 0 Å². The first-order valence-corrected chi connectivity index (χ1v) is 9.33. The number of amides is 2. The number of carbonyl (C=O) groups excluding carboxylic acids is 2. The molecule has 0 fully saturated rings. The number of nitrogens with one attached hydrogen (secondary N) is 2. The van der Waals surface area contributed by atoms with Crippen molar-refractivity contribution in [2.24, 2.45) is 5.10 Å². The normalized spacial score (nSPS) is 10.9. The van der Waals surface area contributed by atoms with E-state index < -0.39 is 0 Å². The number of benzene rings is 3. The highest BCUT2D eigenvalue weighted by atomic mass is 35.5. The summed E-state index contributed by atoms with van der Waals surface area (Å²) >= 11 is 11.8. The number of fused-ring (bicyclic) bond motifs is 1. The fourth-order valence-corrected chi connectivity index (χ4v) is 3.08. The van der Waals surface area contributed by atoms with E-state index in [-0.39, 0.29) is 24.7 Å². The molecule has 0 spiro atoms. The Morgan fingerprint density at radius 3 is 2.50 bits per heavy atom. The van der Waals surface area contributed by atoms with E-state index >= 15 is 0 Å². The highest BCUT2D eigenvalue weighted by Gasteiger charge is 2.09. The van der Waals surface area contributed by atoms with Crippen LogP contribution in [-0.2, 0) is 9.59 Å². The number of hydrogen-bond acceptors (Lipinski definition) is 3. The Kier molecular flexibility index (Phi) is 6.63. The number of anilines is 1. The summed E-state index contributed by atoms with van der Waals surface area (Å²) in [5, 5.41) is 9.59. The van der Waals surface area contributed by atoms with Gasteiger partial charge < -0.3 is 5.32 Å². The van der Waals surface area contributed by atoms with E-state index in [0.717, 1.165) is 16.3 Å². The maximum atomic E-state index is 12.0. The minimum atomic E-state index is -0.353. The molecule has 142 valence electrons. The minimum absolute atomic E-state index is 0.00389. The lowest BCUT2D eigenvalue weighted by Gasteiger charge is -2.07. The molecule has 0 aliphatic rings. The number of rotatable bonds is 6. The first-order chi connectivity index (χ1) is 13.5. The van der Waals surface area contributed by atoms with E-state index in [1.54, 1.807) is 18.3 Å². The maximum Gasteiger partial charge on any atom is 0.240 e. The number of carbonyl (C=O) groups is 2. The van der Waals surface area contributed by atoms with Gasteiger partial charge in [0.15, 0.2) is 0 Å². The van der Waals surface area contributed by atoms with Crippen molar-refractivity contribution in [3.05, 3.63) is 76.3 Å². The molecule has 0 aromatic heterocycles. The standard InChI is InChI=1S/C21H17Cl2N3O2/c22-16-8-9-19(18(23)12-16)25-20(27)10-11-21(28)26-24-13-15-6-3-5-14-4-1-2-7-17(14)15/h1-9,12-13H,10-11H2,(H,25,27)(H,26,28)/b24-13+. The van der Waals surface area contributed by atoms with Crippen LogP contribution in [0.3, 0.4) is 0 Å². The van der Waals surface area contributed by atoms with E-state index in [1.165, 1.54) is 6.07 Å². The number of halogens is 2. The fourth-order valence-electron chi connectivity index (χ4n) is 2.62. The average Bonchev–Trinajstić information content (AvgIpc) is 2.69. The lowest BCUT2D eigenvalue weighted by molar-refractivity contribution is -0.124. The van der Waals surface area contributed by atoms with Crippen molar-refractivity contribution in [2.75, 3.05) is 5.32 Å². The Bertz CT molecular complexity index is 1050. The second kappa shape index (κ2) is 9.35. The monoisotopic (exact) mass is 413 g/mol. The molecular formula is C21H17Cl2N3O2. The minimum Gasteiger partial charge on any atom is -0.325 e. The Labute approximate surface area is 172 Å². The molecular weight excluding hydrogens is 397 g/mol. The molecule has 3 aromatic rings. The van der Waals surface area contributed by atoms with Crippen LogP contribution in [0.5, 0.6) is 0 Å². The third-order valence-corrected chi connectivity index (χ3v) is 4.55. The molecule has 3 aromatic carbocycles. The summed E-state index contributed by atoms with van der Waals surface area (Å²) in [6.07, 6.45) is 1.60. The van der Waals surface area contributed by atoms with Crippen LogP contribution in [-0.4, -0.2) is 18.0 Å². The fraction of sp³-hybridized carbons (Fsp3) is 0.0952. The topological polar surface area (TPSA) is 70.6 Å². The largest absolute Gasteiger partial charge is 0.325 e. The maximum absolute atomic E-state index is 12.0. The van der Waals surface area contributed by atoms with Gasteiger partial charge in [-0.15, -0.1) is 0 Å². The van der Waals surface area contributed by atoms with Gasteiger partial charge in [-0.2, -0.15) is 5.10 Å². The third-order valence-electron chi connectivity index (χ3n) is 4.00. The van der Waals surface area contributed by atoms with Crippen molar-refractivity contribution in [3.63, 3.8) is 0 Å². The lowest BCUT2D eigenvalue weighted by atomic mass is 10.1. The van der Waals surface area contributed by atoms with Gasteiger partial charge in [0.2, 0.25) is 11.8 Å². The zero-order valence-electron chi connectivity index (χ0n) is 14.8. The van der Waals surface area contributed by atoms with Gasteiger partial charge in [0.25, 0.3) is 0 Å². The SMILES string of the molecule is O=C(CCC(=O)Nc1ccc(Cl)cc1Cl)N/N=C/c1cccc2ccccc12. The van der Waals surface area contributed by atoms with E-state index in [1.807, 2.05) is 42.5 Å². The van der Waals surface area contributed by atoms with E-state index in [9.17, 15) is 9.59 Å². The molecule has 3 rings (SSSR count).